The normalized spacial score (nSPS) is 25.5. The van der Waals surface area contributed by atoms with E-state index in [4.69, 9.17) is 4.74 Å². The van der Waals surface area contributed by atoms with Gasteiger partial charge in [0.05, 0.1) is 0 Å². The number of benzene rings is 2. The molecule has 2 aromatic carbocycles. The number of carbonyl (C=O) groups is 1. The Kier molecular flexibility index (Phi) is 3.67. The van der Waals surface area contributed by atoms with Crippen LogP contribution in [0.25, 0.3) is 0 Å². The van der Waals surface area contributed by atoms with E-state index in [0.717, 1.165) is 30.5 Å². The SMILES string of the molecule is O=C1C2=CCC=CC3CC23CN1Cc1ccc(Oc2ccc(F)cc2)cc1. The maximum absolute atomic E-state index is 13.0. The lowest BCUT2D eigenvalue weighted by molar-refractivity contribution is -0.125. The molecule has 0 radical (unpaired) electrons. The summed E-state index contributed by atoms with van der Waals surface area (Å²) in [6.07, 6.45) is 8.54. The first-order valence-electron chi connectivity index (χ1n) is 9.33. The van der Waals surface area contributed by atoms with E-state index >= 15 is 0 Å². The van der Waals surface area contributed by atoms with E-state index in [1.807, 2.05) is 29.2 Å². The molecule has 3 nitrogen and oxygen atoms in total. The standard InChI is InChI=1S/C23H20FNO2/c24-18-7-11-20(12-8-18)27-19-9-5-16(6-10-19)14-25-15-23-13-17(23)3-1-2-4-21(23)22(25)26/h1,3-12,17H,2,13-15H2. The van der Waals surface area contributed by atoms with Crippen LogP contribution in [0.3, 0.4) is 0 Å². The molecule has 2 aliphatic carbocycles. The van der Waals surface area contributed by atoms with Crippen molar-refractivity contribution in [3.63, 3.8) is 0 Å². The number of likely N-dealkylation sites (tertiary alicyclic amines) is 1. The lowest BCUT2D eigenvalue weighted by Crippen LogP contribution is -2.25. The van der Waals surface area contributed by atoms with Gasteiger partial charge in [0.2, 0.25) is 5.91 Å². The third-order valence-electron chi connectivity index (χ3n) is 5.83. The first kappa shape index (κ1) is 16.3. The Morgan fingerprint density at radius 3 is 2.52 bits per heavy atom. The topological polar surface area (TPSA) is 29.5 Å². The van der Waals surface area contributed by atoms with Gasteiger partial charge in [-0.05, 0) is 60.7 Å². The molecular weight excluding hydrogens is 341 g/mol. The summed E-state index contributed by atoms with van der Waals surface area (Å²) in [4.78, 5) is 14.8. The van der Waals surface area contributed by atoms with Crippen molar-refractivity contribution in [1.82, 2.24) is 4.90 Å². The summed E-state index contributed by atoms with van der Waals surface area (Å²) < 4.78 is 18.7. The molecule has 5 rings (SSSR count). The van der Waals surface area contributed by atoms with Crippen molar-refractivity contribution in [2.24, 2.45) is 11.3 Å². The summed E-state index contributed by atoms with van der Waals surface area (Å²) in [5.41, 5.74) is 2.18. The Morgan fingerprint density at radius 1 is 1.07 bits per heavy atom. The van der Waals surface area contributed by atoms with Crippen LogP contribution in [-0.2, 0) is 11.3 Å². The predicted molar refractivity (Wildman–Crippen MR) is 101 cm³/mol. The van der Waals surface area contributed by atoms with Crippen molar-refractivity contribution >= 4 is 5.91 Å². The molecule has 1 aliphatic heterocycles. The highest BCUT2D eigenvalue weighted by molar-refractivity contribution is 5.98. The van der Waals surface area contributed by atoms with Gasteiger partial charge in [-0.15, -0.1) is 0 Å². The van der Waals surface area contributed by atoms with Crippen LogP contribution in [0.2, 0.25) is 0 Å². The number of carbonyl (C=O) groups excluding carboxylic acids is 1. The number of ether oxygens (including phenoxy) is 1. The minimum absolute atomic E-state index is 0.0791. The summed E-state index contributed by atoms with van der Waals surface area (Å²) in [6, 6.07) is 13.7. The van der Waals surface area contributed by atoms with Crippen molar-refractivity contribution in [1.29, 1.82) is 0 Å². The zero-order chi connectivity index (χ0) is 18.4. The average Bonchev–Trinajstić information content (AvgIpc) is 3.33. The second-order valence-electron chi connectivity index (χ2n) is 7.61. The molecule has 0 N–H and O–H groups in total. The lowest BCUT2D eigenvalue weighted by atomic mass is 9.97. The number of halogens is 1. The van der Waals surface area contributed by atoms with Gasteiger partial charge in [-0.3, -0.25) is 4.79 Å². The van der Waals surface area contributed by atoms with E-state index in [1.54, 1.807) is 12.1 Å². The van der Waals surface area contributed by atoms with Gasteiger partial charge in [-0.1, -0.05) is 30.4 Å². The zero-order valence-electron chi connectivity index (χ0n) is 14.9. The van der Waals surface area contributed by atoms with Crippen LogP contribution < -0.4 is 4.74 Å². The van der Waals surface area contributed by atoms with E-state index in [9.17, 15) is 9.18 Å². The molecule has 2 aromatic rings. The van der Waals surface area contributed by atoms with Crippen LogP contribution in [0.1, 0.15) is 18.4 Å². The molecule has 2 atom stereocenters. The summed E-state index contributed by atoms with van der Waals surface area (Å²) >= 11 is 0. The van der Waals surface area contributed by atoms with Gasteiger partial charge in [-0.2, -0.15) is 0 Å². The highest BCUT2D eigenvalue weighted by Gasteiger charge is 2.62. The molecule has 4 heteroatoms. The summed E-state index contributed by atoms with van der Waals surface area (Å²) in [7, 11) is 0. The quantitative estimate of drug-likeness (QED) is 0.729. The van der Waals surface area contributed by atoms with Gasteiger partial charge in [0.15, 0.2) is 0 Å². The second-order valence-corrected chi connectivity index (χ2v) is 7.61. The fraction of sp³-hybridized carbons (Fsp3) is 0.261. The van der Waals surface area contributed by atoms with Gasteiger partial charge >= 0.3 is 0 Å². The van der Waals surface area contributed by atoms with E-state index < -0.39 is 0 Å². The number of allylic oxidation sites excluding steroid dienone is 3. The molecule has 3 aliphatic rings. The molecule has 0 bridgehead atoms. The largest absolute Gasteiger partial charge is 0.457 e. The minimum Gasteiger partial charge on any atom is -0.457 e. The Bertz CT molecular complexity index is 945. The third kappa shape index (κ3) is 2.85. The molecule has 1 spiro atoms. The fourth-order valence-corrected chi connectivity index (χ4v) is 4.33. The van der Waals surface area contributed by atoms with Crippen LogP contribution in [0.4, 0.5) is 4.39 Å². The number of rotatable bonds is 4. The highest BCUT2D eigenvalue weighted by atomic mass is 19.1. The molecular formula is C23H20FNO2. The third-order valence-corrected chi connectivity index (χ3v) is 5.83. The van der Waals surface area contributed by atoms with Crippen molar-refractivity contribution in [3.05, 3.63) is 83.7 Å². The van der Waals surface area contributed by atoms with Gasteiger partial charge in [-0.25, -0.2) is 4.39 Å². The monoisotopic (exact) mass is 361 g/mol. The van der Waals surface area contributed by atoms with Crippen LogP contribution in [0, 0.1) is 17.2 Å². The summed E-state index contributed by atoms with van der Waals surface area (Å²) in [5, 5.41) is 0. The van der Waals surface area contributed by atoms with Crippen molar-refractivity contribution in [3.8, 4) is 11.5 Å². The molecule has 1 heterocycles. The maximum Gasteiger partial charge on any atom is 0.250 e. The molecule has 1 saturated carbocycles. The Hall–Kier alpha value is -2.88. The Balaban J connectivity index is 1.27. The molecule has 1 amide bonds. The van der Waals surface area contributed by atoms with Gasteiger partial charge < -0.3 is 9.64 Å². The Morgan fingerprint density at radius 2 is 1.78 bits per heavy atom. The number of nitrogens with zero attached hydrogens (tertiary/aromatic N) is 1. The van der Waals surface area contributed by atoms with E-state index in [2.05, 4.69) is 18.2 Å². The van der Waals surface area contributed by atoms with Crippen LogP contribution in [0.5, 0.6) is 11.5 Å². The molecule has 1 saturated heterocycles. The minimum atomic E-state index is -0.285. The molecule has 2 unspecified atom stereocenters. The van der Waals surface area contributed by atoms with Crippen LogP contribution in [0.15, 0.2) is 72.3 Å². The van der Waals surface area contributed by atoms with Crippen molar-refractivity contribution in [2.75, 3.05) is 6.54 Å². The second kappa shape index (κ2) is 6.08. The highest BCUT2D eigenvalue weighted by Crippen LogP contribution is 2.63. The number of hydrogen-bond acceptors (Lipinski definition) is 2. The van der Waals surface area contributed by atoms with Gasteiger partial charge in [0.25, 0.3) is 0 Å². The van der Waals surface area contributed by atoms with Crippen molar-refractivity contribution < 1.29 is 13.9 Å². The number of amides is 1. The number of hydrogen-bond donors (Lipinski definition) is 0. The Labute approximate surface area is 157 Å². The van der Waals surface area contributed by atoms with Gasteiger partial charge in [0, 0.05) is 24.1 Å². The first-order valence-corrected chi connectivity index (χ1v) is 9.33. The average molecular weight is 361 g/mol. The molecule has 27 heavy (non-hydrogen) atoms. The summed E-state index contributed by atoms with van der Waals surface area (Å²) in [5.74, 6) is 1.72. The van der Waals surface area contributed by atoms with E-state index in [0.29, 0.717) is 24.0 Å². The predicted octanol–water partition coefficient (Wildman–Crippen LogP) is 4.85. The summed E-state index contributed by atoms with van der Waals surface area (Å²) in [6.45, 7) is 1.44. The molecule has 2 fully saturated rings. The zero-order valence-corrected chi connectivity index (χ0v) is 14.9. The van der Waals surface area contributed by atoms with E-state index in [-0.39, 0.29) is 17.1 Å². The van der Waals surface area contributed by atoms with Gasteiger partial charge in [0.1, 0.15) is 17.3 Å². The van der Waals surface area contributed by atoms with Crippen molar-refractivity contribution in [2.45, 2.75) is 19.4 Å². The maximum atomic E-state index is 13.0. The van der Waals surface area contributed by atoms with E-state index in [1.165, 1.54) is 12.1 Å². The molecule has 0 aromatic heterocycles. The van der Waals surface area contributed by atoms with Crippen LogP contribution >= 0.6 is 0 Å². The first-order chi connectivity index (χ1) is 13.1. The fourth-order valence-electron chi connectivity index (χ4n) is 4.33. The van der Waals surface area contributed by atoms with Crippen LogP contribution in [-0.4, -0.2) is 17.4 Å². The lowest BCUT2D eigenvalue weighted by Gasteiger charge is -2.16. The smallest absolute Gasteiger partial charge is 0.250 e. The molecule has 136 valence electrons.